The van der Waals surface area contributed by atoms with Crippen LogP contribution in [0.5, 0.6) is 0 Å². The molecule has 6 unspecified atom stereocenters. The van der Waals surface area contributed by atoms with Gasteiger partial charge in [-0.2, -0.15) is 0 Å². The molecular weight excluding hydrogens is 224 g/mol. The summed E-state index contributed by atoms with van der Waals surface area (Å²) < 4.78 is 0. The first-order valence-corrected chi connectivity index (χ1v) is 7.73. The van der Waals surface area contributed by atoms with Crippen molar-refractivity contribution < 1.29 is 4.79 Å². The first-order valence-electron chi connectivity index (χ1n) is 7.73. The van der Waals surface area contributed by atoms with Crippen LogP contribution in [-0.4, -0.2) is 29.4 Å². The standard InChI is InChI=1S/C15H24N2O/c1-8-6-11(16)4-5-17(8)15(18)14-12-9-2-3-10(7-9)13(12)14/h8-14H,2-7,16H2,1H3. The van der Waals surface area contributed by atoms with Crippen LogP contribution >= 0.6 is 0 Å². The summed E-state index contributed by atoms with van der Waals surface area (Å²) in [6.45, 7) is 3.07. The Hall–Kier alpha value is -0.570. The molecule has 3 aliphatic carbocycles. The second kappa shape index (κ2) is 3.72. The summed E-state index contributed by atoms with van der Waals surface area (Å²) >= 11 is 0. The monoisotopic (exact) mass is 248 g/mol. The van der Waals surface area contributed by atoms with Crippen molar-refractivity contribution in [1.29, 1.82) is 0 Å². The lowest BCUT2D eigenvalue weighted by atomic mass is 9.96. The molecule has 0 radical (unpaired) electrons. The van der Waals surface area contributed by atoms with E-state index in [1.807, 2.05) is 0 Å². The zero-order valence-corrected chi connectivity index (χ0v) is 11.2. The van der Waals surface area contributed by atoms with Crippen molar-refractivity contribution in [2.45, 2.75) is 51.1 Å². The molecule has 0 aromatic heterocycles. The molecule has 18 heavy (non-hydrogen) atoms. The van der Waals surface area contributed by atoms with Crippen molar-refractivity contribution in [2.24, 2.45) is 35.3 Å². The van der Waals surface area contributed by atoms with E-state index in [4.69, 9.17) is 5.73 Å². The fourth-order valence-corrected chi connectivity index (χ4v) is 5.38. The number of amides is 1. The Kier molecular flexibility index (Phi) is 2.33. The van der Waals surface area contributed by atoms with Gasteiger partial charge in [-0.25, -0.2) is 0 Å². The van der Waals surface area contributed by atoms with Gasteiger partial charge in [-0.15, -0.1) is 0 Å². The van der Waals surface area contributed by atoms with E-state index in [0.717, 1.165) is 43.1 Å². The highest BCUT2D eigenvalue weighted by molar-refractivity contribution is 5.83. The topological polar surface area (TPSA) is 46.3 Å². The number of piperidine rings is 1. The highest BCUT2D eigenvalue weighted by Crippen LogP contribution is 2.69. The van der Waals surface area contributed by atoms with Crippen LogP contribution in [0.4, 0.5) is 0 Å². The molecule has 4 fully saturated rings. The van der Waals surface area contributed by atoms with Crippen LogP contribution in [0.25, 0.3) is 0 Å². The lowest BCUT2D eigenvalue weighted by molar-refractivity contribution is -0.137. The predicted octanol–water partition coefficient (Wildman–Crippen LogP) is 1.62. The van der Waals surface area contributed by atoms with Crippen molar-refractivity contribution in [2.75, 3.05) is 6.54 Å². The first kappa shape index (κ1) is 11.3. The van der Waals surface area contributed by atoms with Gasteiger partial charge in [0.05, 0.1) is 0 Å². The van der Waals surface area contributed by atoms with Gasteiger partial charge in [-0.05, 0) is 62.7 Å². The van der Waals surface area contributed by atoms with Crippen molar-refractivity contribution in [1.82, 2.24) is 4.90 Å². The van der Waals surface area contributed by atoms with E-state index in [-0.39, 0.29) is 0 Å². The van der Waals surface area contributed by atoms with Crippen molar-refractivity contribution in [3.63, 3.8) is 0 Å². The predicted molar refractivity (Wildman–Crippen MR) is 69.7 cm³/mol. The highest BCUT2D eigenvalue weighted by Gasteiger charge is 2.68. The summed E-state index contributed by atoms with van der Waals surface area (Å²) in [4.78, 5) is 14.8. The summed E-state index contributed by atoms with van der Waals surface area (Å²) in [6.07, 6.45) is 6.21. The van der Waals surface area contributed by atoms with E-state index < -0.39 is 0 Å². The normalized spacial score (nSPS) is 53.4. The summed E-state index contributed by atoms with van der Waals surface area (Å²) in [5, 5.41) is 0. The molecule has 2 bridgehead atoms. The van der Waals surface area contributed by atoms with Crippen molar-refractivity contribution in [3.8, 4) is 0 Å². The summed E-state index contributed by atoms with van der Waals surface area (Å²) in [5.41, 5.74) is 5.99. The molecule has 3 saturated carbocycles. The van der Waals surface area contributed by atoms with E-state index >= 15 is 0 Å². The second-order valence-electron chi connectivity index (χ2n) is 7.18. The van der Waals surface area contributed by atoms with Crippen molar-refractivity contribution in [3.05, 3.63) is 0 Å². The average molecular weight is 248 g/mol. The number of hydrogen-bond donors (Lipinski definition) is 1. The van der Waals surface area contributed by atoms with Gasteiger partial charge < -0.3 is 10.6 Å². The minimum Gasteiger partial charge on any atom is -0.340 e. The van der Waals surface area contributed by atoms with E-state index in [0.29, 0.717) is 23.9 Å². The minimum atomic E-state index is 0.305. The number of nitrogens with two attached hydrogens (primary N) is 1. The number of likely N-dealkylation sites (tertiary alicyclic amines) is 1. The molecule has 0 spiro atoms. The number of carbonyl (C=O) groups is 1. The molecule has 4 aliphatic rings. The maximum Gasteiger partial charge on any atom is 0.226 e. The molecule has 6 atom stereocenters. The molecule has 1 amide bonds. The van der Waals surface area contributed by atoms with Gasteiger partial charge in [0, 0.05) is 24.5 Å². The van der Waals surface area contributed by atoms with Crippen molar-refractivity contribution >= 4 is 5.91 Å². The summed E-state index contributed by atoms with van der Waals surface area (Å²) in [5.74, 6) is 4.24. The number of hydrogen-bond acceptors (Lipinski definition) is 2. The molecule has 0 aromatic carbocycles. The van der Waals surface area contributed by atoms with Crippen LogP contribution in [0.2, 0.25) is 0 Å². The maximum absolute atomic E-state index is 12.7. The molecular formula is C15H24N2O. The third-order valence-corrected chi connectivity index (χ3v) is 6.22. The number of rotatable bonds is 1. The van der Waals surface area contributed by atoms with Gasteiger partial charge in [0.2, 0.25) is 5.91 Å². The van der Waals surface area contributed by atoms with Crippen LogP contribution in [0, 0.1) is 29.6 Å². The van der Waals surface area contributed by atoms with E-state index in [9.17, 15) is 4.79 Å². The smallest absolute Gasteiger partial charge is 0.226 e. The molecule has 100 valence electrons. The molecule has 3 heteroatoms. The van der Waals surface area contributed by atoms with Gasteiger partial charge in [-0.3, -0.25) is 4.79 Å². The average Bonchev–Trinajstić information content (AvgIpc) is 2.77. The fraction of sp³-hybridized carbons (Fsp3) is 0.933. The Balaban J connectivity index is 1.46. The van der Waals surface area contributed by atoms with Crippen LogP contribution in [0.1, 0.15) is 39.0 Å². The highest BCUT2D eigenvalue weighted by atomic mass is 16.2. The molecule has 2 N–H and O–H groups in total. The second-order valence-corrected chi connectivity index (χ2v) is 7.18. The Morgan fingerprint density at radius 3 is 2.39 bits per heavy atom. The van der Waals surface area contributed by atoms with Crippen LogP contribution in [0.3, 0.4) is 0 Å². The van der Waals surface area contributed by atoms with Gasteiger partial charge in [-0.1, -0.05) is 0 Å². The van der Waals surface area contributed by atoms with Gasteiger partial charge in [0.15, 0.2) is 0 Å². The largest absolute Gasteiger partial charge is 0.340 e. The van der Waals surface area contributed by atoms with Crippen LogP contribution < -0.4 is 5.73 Å². The fourth-order valence-electron chi connectivity index (χ4n) is 5.38. The van der Waals surface area contributed by atoms with Crippen LogP contribution in [0.15, 0.2) is 0 Å². The number of carbonyl (C=O) groups excluding carboxylic acids is 1. The van der Waals surface area contributed by atoms with E-state index in [1.54, 1.807) is 0 Å². The van der Waals surface area contributed by atoms with E-state index in [1.165, 1.54) is 19.3 Å². The molecule has 1 saturated heterocycles. The third kappa shape index (κ3) is 1.43. The quantitative estimate of drug-likeness (QED) is 0.766. The summed E-state index contributed by atoms with van der Waals surface area (Å²) in [6, 6.07) is 0.666. The van der Waals surface area contributed by atoms with Crippen LogP contribution in [-0.2, 0) is 4.79 Å². The molecule has 4 rings (SSSR count). The SMILES string of the molecule is CC1CC(N)CCN1C(=O)C1C2C3CCC(C3)C12. The van der Waals surface area contributed by atoms with Gasteiger partial charge in [0.1, 0.15) is 0 Å². The Morgan fingerprint density at radius 2 is 1.78 bits per heavy atom. The zero-order valence-electron chi connectivity index (χ0n) is 11.2. The number of nitrogens with zero attached hydrogens (tertiary/aromatic N) is 1. The lowest BCUT2D eigenvalue weighted by Gasteiger charge is -2.37. The zero-order chi connectivity index (χ0) is 12.4. The molecule has 1 aliphatic heterocycles. The maximum atomic E-state index is 12.7. The van der Waals surface area contributed by atoms with Gasteiger partial charge >= 0.3 is 0 Å². The molecule has 3 nitrogen and oxygen atoms in total. The molecule has 0 aromatic rings. The van der Waals surface area contributed by atoms with Gasteiger partial charge in [0.25, 0.3) is 0 Å². The summed E-state index contributed by atoms with van der Waals surface area (Å²) in [7, 11) is 0. The minimum absolute atomic E-state index is 0.305. The lowest BCUT2D eigenvalue weighted by Crippen LogP contribution is -2.49. The third-order valence-electron chi connectivity index (χ3n) is 6.22. The first-order chi connectivity index (χ1) is 8.66. The Labute approximate surface area is 109 Å². The van der Waals surface area contributed by atoms with E-state index in [2.05, 4.69) is 11.8 Å². The Bertz CT molecular complexity index is 367. The Morgan fingerprint density at radius 1 is 1.11 bits per heavy atom. The number of fused-ring (bicyclic) bond motifs is 5. The molecule has 1 heterocycles.